The molecule has 3 nitrogen and oxygen atoms in total. The van der Waals surface area contributed by atoms with E-state index in [-0.39, 0.29) is 18.1 Å². The fourth-order valence-electron chi connectivity index (χ4n) is 2.21. The van der Waals surface area contributed by atoms with Crippen molar-refractivity contribution in [2.45, 2.75) is 19.5 Å². The van der Waals surface area contributed by atoms with E-state index in [2.05, 4.69) is 0 Å². The monoisotopic (exact) mass is 286 g/mol. The lowest BCUT2D eigenvalue weighted by molar-refractivity contribution is -0.129. The number of rotatable bonds is 5. The Labute approximate surface area is 124 Å². The van der Waals surface area contributed by atoms with Crippen LogP contribution >= 0.6 is 0 Å². The second kappa shape index (κ2) is 6.99. The molecule has 110 valence electrons. The number of likely N-dealkylation sites (N-methyl/N-ethyl adjacent to an activating group) is 1. The summed E-state index contributed by atoms with van der Waals surface area (Å²) in [5.74, 6) is -0.371. The first-order valence-electron chi connectivity index (χ1n) is 6.85. The van der Waals surface area contributed by atoms with Crippen LogP contribution in [0, 0.1) is 5.82 Å². The summed E-state index contributed by atoms with van der Waals surface area (Å²) in [4.78, 5) is 13.8. The molecule has 0 saturated heterocycles. The molecule has 0 unspecified atom stereocenters. The highest BCUT2D eigenvalue weighted by atomic mass is 19.1. The lowest BCUT2D eigenvalue weighted by Gasteiger charge is -2.19. The third kappa shape index (κ3) is 4.13. The normalized spacial score (nSPS) is 10.4. The molecule has 0 spiro atoms. The number of hydrogen-bond acceptors (Lipinski definition) is 2. The van der Waals surface area contributed by atoms with Crippen LogP contribution in [0.2, 0.25) is 0 Å². The molecule has 0 aliphatic carbocycles. The summed E-state index contributed by atoms with van der Waals surface area (Å²) in [5, 5.41) is 0. The van der Waals surface area contributed by atoms with Crippen molar-refractivity contribution in [2.75, 3.05) is 7.05 Å². The molecule has 0 atom stereocenters. The van der Waals surface area contributed by atoms with Crippen LogP contribution in [-0.2, 0) is 24.3 Å². The van der Waals surface area contributed by atoms with E-state index >= 15 is 0 Å². The average molecular weight is 286 g/mol. The molecule has 2 aromatic rings. The van der Waals surface area contributed by atoms with E-state index in [1.165, 1.54) is 12.1 Å². The second-order valence-electron chi connectivity index (χ2n) is 5.03. The van der Waals surface area contributed by atoms with Crippen molar-refractivity contribution in [3.05, 3.63) is 71.0 Å². The lowest BCUT2D eigenvalue weighted by Crippen LogP contribution is -2.28. The minimum absolute atomic E-state index is 0.0487. The Hall–Kier alpha value is -2.20. The van der Waals surface area contributed by atoms with Gasteiger partial charge in [0.1, 0.15) is 5.82 Å². The predicted octanol–water partition coefficient (Wildman–Crippen LogP) is 2.49. The van der Waals surface area contributed by atoms with Crippen molar-refractivity contribution in [3.8, 4) is 0 Å². The molecule has 0 radical (unpaired) electrons. The van der Waals surface area contributed by atoms with Crippen molar-refractivity contribution >= 4 is 5.91 Å². The number of nitrogens with zero attached hydrogens (tertiary/aromatic N) is 1. The van der Waals surface area contributed by atoms with Crippen molar-refractivity contribution < 1.29 is 9.18 Å². The van der Waals surface area contributed by atoms with E-state index in [0.717, 1.165) is 11.1 Å². The minimum atomic E-state index is -0.323. The highest BCUT2D eigenvalue weighted by Gasteiger charge is 2.12. The molecule has 0 aliphatic rings. The second-order valence-corrected chi connectivity index (χ2v) is 5.03. The number of nitrogens with two attached hydrogens (primary N) is 1. The Bertz CT molecular complexity index is 628. The van der Waals surface area contributed by atoms with Gasteiger partial charge >= 0.3 is 0 Å². The maximum atomic E-state index is 13.1. The standard InChI is InChI=1S/C17H19FN2O/c1-20(12-15-7-3-2-6-14(15)11-19)17(21)10-13-5-4-8-16(18)9-13/h2-9H,10-12,19H2,1H3. The zero-order valence-electron chi connectivity index (χ0n) is 12.1. The predicted molar refractivity (Wildman–Crippen MR) is 80.9 cm³/mol. The molecule has 0 aliphatic heterocycles. The van der Waals surface area contributed by atoms with Gasteiger partial charge in [0.2, 0.25) is 5.91 Å². The zero-order valence-corrected chi connectivity index (χ0v) is 12.1. The van der Waals surface area contributed by atoms with Gasteiger partial charge in [-0.25, -0.2) is 4.39 Å². The summed E-state index contributed by atoms with van der Waals surface area (Å²) >= 11 is 0. The van der Waals surface area contributed by atoms with Gasteiger partial charge in [-0.1, -0.05) is 36.4 Å². The van der Waals surface area contributed by atoms with Crippen LogP contribution in [-0.4, -0.2) is 17.9 Å². The third-order valence-corrected chi connectivity index (χ3v) is 3.42. The van der Waals surface area contributed by atoms with Crippen molar-refractivity contribution in [1.29, 1.82) is 0 Å². The third-order valence-electron chi connectivity index (χ3n) is 3.42. The fraction of sp³-hybridized carbons (Fsp3) is 0.235. The van der Waals surface area contributed by atoms with Gasteiger partial charge < -0.3 is 10.6 Å². The topological polar surface area (TPSA) is 46.3 Å². The summed E-state index contributed by atoms with van der Waals surface area (Å²) in [6.45, 7) is 0.948. The highest BCUT2D eigenvalue weighted by Crippen LogP contribution is 2.12. The average Bonchev–Trinajstić information content (AvgIpc) is 2.47. The van der Waals surface area contributed by atoms with Gasteiger partial charge in [0.05, 0.1) is 6.42 Å². The first kappa shape index (κ1) is 15.2. The molecule has 0 bridgehead atoms. The molecular weight excluding hydrogens is 267 g/mol. The van der Waals surface area contributed by atoms with E-state index in [9.17, 15) is 9.18 Å². The van der Waals surface area contributed by atoms with Gasteiger partial charge in [-0.2, -0.15) is 0 Å². The molecule has 0 saturated carbocycles. The van der Waals surface area contributed by atoms with Gasteiger partial charge in [-0.3, -0.25) is 4.79 Å². The first-order valence-corrected chi connectivity index (χ1v) is 6.85. The Morgan fingerprint density at radius 1 is 1.14 bits per heavy atom. The summed E-state index contributed by atoms with van der Waals surface area (Å²) in [5.41, 5.74) is 8.44. The Morgan fingerprint density at radius 2 is 1.86 bits per heavy atom. The summed E-state index contributed by atoms with van der Waals surface area (Å²) < 4.78 is 13.1. The highest BCUT2D eigenvalue weighted by molar-refractivity contribution is 5.78. The Morgan fingerprint density at radius 3 is 2.52 bits per heavy atom. The number of carbonyl (C=O) groups excluding carboxylic acids is 1. The van der Waals surface area contributed by atoms with Gasteiger partial charge in [0, 0.05) is 20.1 Å². The van der Waals surface area contributed by atoms with Gasteiger partial charge in [0.15, 0.2) is 0 Å². The van der Waals surface area contributed by atoms with Crippen LogP contribution in [0.5, 0.6) is 0 Å². The number of hydrogen-bond donors (Lipinski definition) is 1. The smallest absolute Gasteiger partial charge is 0.227 e. The lowest BCUT2D eigenvalue weighted by atomic mass is 10.1. The van der Waals surface area contributed by atoms with Crippen LogP contribution in [0.3, 0.4) is 0 Å². The fourth-order valence-corrected chi connectivity index (χ4v) is 2.21. The maximum Gasteiger partial charge on any atom is 0.227 e. The summed E-state index contributed by atoms with van der Waals surface area (Å²) in [6.07, 6.45) is 0.194. The van der Waals surface area contributed by atoms with Crippen LogP contribution in [0.1, 0.15) is 16.7 Å². The maximum absolute atomic E-state index is 13.1. The first-order chi connectivity index (χ1) is 10.1. The Balaban J connectivity index is 2.02. The molecule has 2 rings (SSSR count). The van der Waals surface area contributed by atoms with E-state index in [1.807, 2.05) is 24.3 Å². The molecule has 4 heteroatoms. The van der Waals surface area contributed by atoms with Crippen LogP contribution in [0.25, 0.3) is 0 Å². The van der Waals surface area contributed by atoms with E-state index in [1.54, 1.807) is 24.1 Å². The number of carbonyl (C=O) groups is 1. The molecule has 0 fully saturated rings. The molecule has 0 aromatic heterocycles. The van der Waals surface area contributed by atoms with Crippen LogP contribution < -0.4 is 5.73 Å². The van der Waals surface area contributed by atoms with E-state index in [4.69, 9.17) is 5.73 Å². The number of halogens is 1. The molecule has 21 heavy (non-hydrogen) atoms. The zero-order chi connectivity index (χ0) is 15.2. The van der Waals surface area contributed by atoms with E-state index in [0.29, 0.717) is 18.7 Å². The van der Waals surface area contributed by atoms with Crippen molar-refractivity contribution in [3.63, 3.8) is 0 Å². The number of benzene rings is 2. The minimum Gasteiger partial charge on any atom is -0.341 e. The molecule has 2 aromatic carbocycles. The number of amides is 1. The van der Waals surface area contributed by atoms with Gasteiger partial charge in [-0.05, 0) is 28.8 Å². The van der Waals surface area contributed by atoms with Crippen LogP contribution in [0.15, 0.2) is 48.5 Å². The molecule has 0 heterocycles. The van der Waals surface area contributed by atoms with Crippen molar-refractivity contribution in [2.24, 2.45) is 5.73 Å². The van der Waals surface area contributed by atoms with Crippen molar-refractivity contribution in [1.82, 2.24) is 4.90 Å². The largest absolute Gasteiger partial charge is 0.341 e. The van der Waals surface area contributed by atoms with Crippen LogP contribution in [0.4, 0.5) is 4.39 Å². The van der Waals surface area contributed by atoms with Gasteiger partial charge in [0.25, 0.3) is 0 Å². The SMILES string of the molecule is CN(Cc1ccccc1CN)C(=O)Cc1cccc(F)c1. The van der Waals surface area contributed by atoms with Gasteiger partial charge in [-0.15, -0.1) is 0 Å². The quantitative estimate of drug-likeness (QED) is 0.918. The molecule has 1 amide bonds. The molecular formula is C17H19FN2O. The van der Waals surface area contributed by atoms with E-state index < -0.39 is 0 Å². The summed E-state index contributed by atoms with van der Waals surface area (Å²) in [7, 11) is 1.74. The Kier molecular flexibility index (Phi) is 5.06. The summed E-state index contributed by atoms with van der Waals surface area (Å²) in [6, 6.07) is 13.9. The molecule has 2 N–H and O–H groups in total.